The van der Waals surface area contributed by atoms with Crippen molar-refractivity contribution in [1.82, 2.24) is 9.80 Å². The molecule has 1 aliphatic heterocycles. The topological polar surface area (TPSA) is 69.7 Å². The number of anilines is 1. The van der Waals surface area contributed by atoms with Crippen LogP contribution in [-0.4, -0.2) is 53.7 Å². The van der Waals surface area contributed by atoms with Gasteiger partial charge in [0.2, 0.25) is 0 Å². The lowest BCUT2D eigenvalue weighted by molar-refractivity contribution is 0.0537. The number of nitrogens with one attached hydrogen (secondary N) is 1. The van der Waals surface area contributed by atoms with Crippen molar-refractivity contribution in [2.45, 2.75) is 0 Å². The Morgan fingerprint density at radius 1 is 0.571 bits per heavy atom. The van der Waals surface area contributed by atoms with Crippen LogP contribution in [0.1, 0.15) is 31.1 Å². The fraction of sp³-hybridized carbons (Fsp3) is 0.138. The van der Waals surface area contributed by atoms with Gasteiger partial charge in [-0.2, -0.15) is 0 Å². The van der Waals surface area contributed by atoms with Gasteiger partial charge in [-0.25, -0.2) is 0 Å². The Morgan fingerprint density at radius 2 is 1.11 bits per heavy atom. The molecule has 6 nitrogen and oxygen atoms in total. The predicted molar refractivity (Wildman–Crippen MR) is 137 cm³/mol. The number of piperazine rings is 1. The zero-order valence-corrected chi connectivity index (χ0v) is 19.2. The first-order valence-electron chi connectivity index (χ1n) is 11.6. The second-order valence-electron chi connectivity index (χ2n) is 8.48. The second-order valence-corrected chi connectivity index (χ2v) is 8.48. The highest BCUT2D eigenvalue weighted by Crippen LogP contribution is 2.22. The van der Waals surface area contributed by atoms with Crippen LogP contribution in [0.2, 0.25) is 0 Å². The average Bonchev–Trinajstić information content (AvgIpc) is 2.93. The Labute approximate surface area is 203 Å². The third-order valence-corrected chi connectivity index (χ3v) is 6.32. The molecule has 4 aromatic carbocycles. The summed E-state index contributed by atoms with van der Waals surface area (Å²) in [7, 11) is 0. The monoisotopic (exact) mass is 463 g/mol. The Morgan fingerprint density at radius 3 is 1.86 bits per heavy atom. The summed E-state index contributed by atoms with van der Waals surface area (Å²) in [5.74, 6) is -0.452. The standard InChI is InChI=1S/C29H25N3O3/c33-27(22-10-2-1-3-11-22)30-26-16-7-6-14-25(26)29(35)32-19-17-31(18-20-32)28(34)24-15-8-12-21-9-4-5-13-23(21)24/h1-16H,17-20H2,(H,30,33). The molecule has 174 valence electrons. The van der Waals surface area contributed by atoms with Crippen LogP contribution in [0.5, 0.6) is 0 Å². The van der Waals surface area contributed by atoms with Crippen LogP contribution in [0.4, 0.5) is 5.69 Å². The number of carbonyl (C=O) groups is 3. The maximum Gasteiger partial charge on any atom is 0.256 e. The lowest BCUT2D eigenvalue weighted by Gasteiger charge is -2.35. The predicted octanol–water partition coefficient (Wildman–Crippen LogP) is 4.69. The fourth-order valence-electron chi connectivity index (χ4n) is 4.43. The summed E-state index contributed by atoms with van der Waals surface area (Å²) >= 11 is 0. The Kier molecular flexibility index (Phi) is 6.26. The molecular formula is C29H25N3O3. The van der Waals surface area contributed by atoms with E-state index in [0.717, 1.165) is 10.8 Å². The minimum atomic E-state index is -0.267. The summed E-state index contributed by atoms with van der Waals surface area (Å²) in [6, 6.07) is 29.5. The van der Waals surface area contributed by atoms with E-state index in [4.69, 9.17) is 0 Å². The normalized spacial score (nSPS) is 13.5. The molecule has 0 bridgehead atoms. The highest BCUT2D eigenvalue weighted by atomic mass is 16.2. The van der Waals surface area contributed by atoms with Gasteiger partial charge in [-0.1, -0.05) is 66.7 Å². The quantitative estimate of drug-likeness (QED) is 0.477. The number of rotatable bonds is 4. The van der Waals surface area contributed by atoms with Gasteiger partial charge < -0.3 is 15.1 Å². The molecule has 0 aromatic heterocycles. The Hall–Kier alpha value is -4.45. The molecule has 4 aromatic rings. The van der Waals surface area contributed by atoms with Crippen LogP contribution in [-0.2, 0) is 0 Å². The first-order valence-corrected chi connectivity index (χ1v) is 11.6. The molecule has 1 N–H and O–H groups in total. The van der Waals surface area contributed by atoms with Crippen molar-refractivity contribution >= 4 is 34.2 Å². The molecule has 35 heavy (non-hydrogen) atoms. The van der Waals surface area contributed by atoms with Crippen LogP contribution < -0.4 is 5.32 Å². The number of hydrogen-bond donors (Lipinski definition) is 1. The lowest BCUT2D eigenvalue weighted by atomic mass is 10.0. The molecular weight excluding hydrogens is 438 g/mol. The summed E-state index contributed by atoms with van der Waals surface area (Å²) in [6.07, 6.45) is 0. The molecule has 1 aliphatic rings. The molecule has 1 saturated heterocycles. The van der Waals surface area contributed by atoms with E-state index in [-0.39, 0.29) is 17.7 Å². The number of carbonyl (C=O) groups excluding carboxylic acids is 3. The van der Waals surface area contributed by atoms with E-state index >= 15 is 0 Å². The molecule has 0 spiro atoms. The molecule has 3 amide bonds. The molecule has 0 saturated carbocycles. The van der Waals surface area contributed by atoms with Crippen LogP contribution in [0.15, 0.2) is 97.1 Å². The van der Waals surface area contributed by atoms with Crippen LogP contribution in [0.3, 0.4) is 0 Å². The molecule has 0 unspecified atom stereocenters. The van der Waals surface area contributed by atoms with Crippen molar-refractivity contribution in [3.63, 3.8) is 0 Å². The average molecular weight is 464 g/mol. The van der Waals surface area contributed by atoms with Crippen molar-refractivity contribution in [2.24, 2.45) is 0 Å². The minimum Gasteiger partial charge on any atom is -0.335 e. The lowest BCUT2D eigenvalue weighted by Crippen LogP contribution is -2.50. The molecule has 5 rings (SSSR count). The summed E-state index contributed by atoms with van der Waals surface area (Å²) < 4.78 is 0. The minimum absolute atomic E-state index is 0.0237. The molecule has 1 fully saturated rings. The Bertz CT molecular complexity index is 1390. The number of hydrogen-bond acceptors (Lipinski definition) is 3. The SMILES string of the molecule is O=C(Nc1ccccc1C(=O)N1CCN(C(=O)c2cccc3ccccc23)CC1)c1ccccc1. The van der Waals surface area contributed by atoms with E-state index in [2.05, 4.69) is 5.32 Å². The van der Waals surface area contributed by atoms with Gasteiger partial charge in [-0.05, 0) is 41.1 Å². The highest BCUT2D eigenvalue weighted by Gasteiger charge is 2.27. The largest absolute Gasteiger partial charge is 0.335 e. The van der Waals surface area contributed by atoms with Crippen molar-refractivity contribution < 1.29 is 14.4 Å². The van der Waals surface area contributed by atoms with Crippen molar-refractivity contribution in [1.29, 1.82) is 0 Å². The molecule has 1 heterocycles. The Balaban J connectivity index is 1.27. The van der Waals surface area contributed by atoms with Crippen LogP contribution >= 0.6 is 0 Å². The molecule has 0 atom stereocenters. The summed E-state index contributed by atoms with van der Waals surface area (Å²) in [5, 5.41) is 4.82. The van der Waals surface area contributed by atoms with Gasteiger partial charge in [-0.3, -0.25) is 14.4 Å². The van der Waals surface area contributed by atoms with E-state index in [1.54, 1.807) is 58.3 Å². The number of para-hydroxylation sites is 1. The number of fused-ring (bicyclic) bond motifs is 1. The summed E-state index contributed by atoms with van der Waals surface area (Å²) in [6.45, 7) is 1.76. The van der Waals surface area contributed by atoms with E-state index < -0.39 is 0 Å². The highest BCUT2D eigenvalue weighted by molar-refractivity contribution is 6.09. The van der Waals surface area contributed by atoms with Crippen molar-refractivity contribution in [3.8, 4) is 0 Å². The van der Waals surface area contributed by atoms with E-state index in [9.17, 15) is 14.4 Å². The number of amides is 3. The zero-order valence-electron chi connectivity index (χ0n) is 19.2. The second kappa shape index (κ2) is 9.81. The molecule has 0 aliphatic carbocycles. The first kappa shape index (κ1) is 22.3. The van der Waals surface area contributed by atoms with Gasteiger partial charge in [0.25, 0.3) is 17.7 Å². The number of benzene rings is 4. The van der Waals surface area contributed by atoms with Crippen molar-refractivity contribution in [3.05, 3.63) is 114 Å². The van der Waals surface area contributed by atoms with Gasteiger partial charge in [-0.15, -0.1) is 0 Å². The molecule has 0 radical (unpaired) electrons. The van der Waals surface area contributed by atoms with Gasteiger partial charge in [0, 0.05) is 37.3 Å². The maximum absolute atomic E-state index is 13.3. The van der Waals surface area contributed by atoms with Crippen LogP contribution in [0, 0.1) is 0 Å². The third-order valence-electron chi connectivity index (χ3n) is 6.32. The van der Waals surface area contributed by atoms with Gasteiger partial charge >= 0.3 is 0 Å². The maximum atomic E-state index is 13.3. The van der Waals surface area contributed by atoms with E-state index in [1.165, 1.54) is 0 Å². The molecule has 6 heteroatoms. The van der Waals surface area contributed by atoms with Gasteiger partial charge in [0.1, 0.15) is 0 Å². The number of nitrogens with zero attached hydrogens (tertiary/aromatic N) is 2. The smallest absolute Gasteiger partial charge is 0.256 e. The van der Waals surface area contributed by atoms with E-state index in [1.807, 2.05) is 48.5 Å². The van der Waals surface area contributed by atoms with Gasteiger partial charge in [0.05, 0.1) is 11.3 Å². The van der Waals surface area contributed by atoms with Gasteiger partial charge in [0.15, 0.2) is 0 Å². The van der Waals surface area contributed by atoms with E-state index in [0.29, 0.717) is 48.6 Å². The summed E-state index contributed by atoms with van der Waals surface area (Å²) in [4.78, 5) is 42.7. The van der Waals surface area contributed by atoms with Crippen molar-refractivity contribution in [2.75, 3.05) is 31.5 Å². The first-order chi connectivity index (χ1) is 17.1. The summed E-state index contributed by atoms with van der Waals surface area (Å²) in [5.41, 5.74) is 2.11. The fourth-order valence-corrected chi connectivity index (χ4v) is 4.43. The zero-order chi connectivity index (χ0) is 24.2. The van der Waals surface area contributed by atoms with Crippen LogP contribution in [0.25, 0.3) is 10.8 Å². The third kappa shape index (κ3) is 4.64.